The van der Waals surface area contributed by atoms with Crippen LogP contribution in [0.2, 0.25) is 10.6 Å². The summed E-state index contributed by atoms with van der Waals surface area (Å²) in [5, 5.41) is -0.742. The summed E-state index contributed by atoms with van der Waals surface area (Å²) in [4.78, 5) is 42.6. The minimum absolute atomic E-state index is 0.0107. The van der Waals surface area contributed by atoms with Crippen LogP contribution >= 0.6 is 80.0 Å². The number of nitrogens with two attached hydrogens (primary N) is 1. The van der Waals surface area contributed by atoms with Crippen LogP contribution < -0.4 is 25.0 Å². The molecule has 0 spiro atoms. The molecule has 4 aliphatic rings. The first-order chi connectivity index (χ1) is 20.8. The van der Waals surface area contributed by atoms with E-state index in [0.717, 1.165) is 7.85 Å². The maximum atomic E-state index is 11.3. The lowest BCUT2D eigenvalue weighted by atomic mass is 10.2. The molecule has 6 rings (SSSR count). The van der Waals surface area contributed by atoms with E-state index in [0.29, 0.717) is 75.9 Å². The second kappa shape index (κ2) is 17.6. The number of alkyl halides is 2. The minimum Gasteiger partial charge on any atom is -0.485 e. The van der Waals surface area contributed by atoms with Crippen molar-refractivity contribution in [1.82, 2.24) is 19.9 Å². The van der Waals surface area contributed by atoms with Gasteiger partial charge in [0.15, 0.2) is 34.5 Å². The number of hydrogen-bond acceptors (Lipinski definition) is 12. The Balaban J connectivity index is 0.000000194. The van der Waals surface area contributed by atoms with Gasteiger partial charge in [-0.3, -0.25) is 9.59 Å². The largest absolute Gasteiger partial charge is 0.485 e. The van der Waals surface area contributed by atoms with Crippen LogP contribution in [0, 0.1) is 0 Å². The number of carbonyl (C=O) groups is 2. The normalized spacial score (nSPS) is 19.5. The predicted octanol–water partition coefficient (Wildman–Crippen LogP) is 4.59. The van der Waals surface area contributed by atoms with Gasteiger partial charge >= 0.3 is 0 Å². The van der Waals surface area contributed by atoms with Gasteiger partial charge < -0.3 is 34.5 Å². The first-order valence-electron chi connectivity index (χ1n) is 13.7. The SMILES string of the molecule is CC(C)I.CC(C)I.NC(=O)c1nc(Cl)nc2c1OCC1COCCN21.O=C(Cl)c1nc(Cl)nc2c1OCC1COCCN21. The van der Waals surface area contributed by atoms with Gasteiger partial charge in [-0.15, -0.1) is 0 Å². The number of morpholine rings is 2. The van der Waals surface area contributed by atoms with Crippen LogP contribution in [0.5, 0.6) is 11.5 Å². The predicted molar refractivity (Wildman–Crippen MR) is 186 cm³/mol. The number of primary amides is 1. The summed E-state index contributed by atoms with van der Waals surface area (Å²) in [6.45, 7) is 13.1. The fraction of sp³-hybridized carbons (Fsp3) is 0.615. The first kappa shape index (κ1) is 37.2. The zero-order valence-electron chi connectivity index (χ0n) is 24.6. The number of ether oxygens (including phenoxy) is 4. The third-order valence-corrected chi connectivity index (χ3v) is 6.42. The summed E-state index contributed by atoms with van der Waals surface area (Å²) in [5.41, 5.74) is 5.30. The van der Waals surface area contributed by atoms with Crippen LogP contribution in [0.4, 0.5) is 11.6 Å². The Labute approximate surface area is 298 Å². The van der Waals surface area contributed by atoms with E-state index in [9.17, 15) is 9.59 Å². The molecule has 0 aromatic carbocycles. The maximum Gasteiger partial charge on any atom is 0.274 e. The zero-order chi connectivity index (χ0) is 32.6. The second-order valence-corrected chi connectivity index (χ2v) is 16.1. The van der Waals surface area contributed by atoms with Gasteiger partial charge in [0.25, 0.3) is 11.1 Å². The molecule has 0 aliphatic carbocycles. The third kappa shape index (κ3) is 10.4. The van der Waals surface area contributed by atoms with Crippen LogP contribution in [0.25, 0.3) is 0 Å². The number of aromatic nitrogens is 4. The summed E-state index contributed by atoms with van der Waals surface area (Å²) in [7, 11) is 0. The number of amides is 1. The molecular weight excluding hydrogens is 866 g/mol. The van der Waals surface area contributed by atoms with E-state index in [4.69, 9.17) is 59.5 Å². The highest BCUT2D eigenvalue weighted by Gasteiger charge is 2.36. The molecule has 1 amide bonds. The Morgan fingerprint density at radius 2 is 1.16 bits per heavy atom. The van der Waals surface area contributed by atoms with Gasteiger partial charge in [0.2, 0.25) is 10.6 Å². The highest BCUT2D eigenvalue weighted by atomic mass is 127. The molecule has 18 heteroatoms. The molecule has 2 aromatic heterocycles. The van der Waals surface area contributed by atoms with Crippen molar-refractivity contribution in [3.63, 3.8) is 0 Å². The van der Waals surface area contributed by atoms with Crippen LogP contribution in [0.3, 0.4) is 0 Å². The Bertz CT molecular complexity index is 1210. The fourth-order valence-electron chi connectivity index (χ4n) is 4.28. The van der Waals surface area contributed by atoms with Crippen molar-refractivity contribution in [3.05, 3.63) is 22.0 Å². The Morgan fingerprint density at radius 3 is 1.55 bits per heavy atom. The Hall–Kier alpha value is -1.25. The molecule has 0 saturated carbocycles. The summed E-state index contributed by atoms with van der Waals surface area (Å²) in [6, 6.07) is 0.161. The average Bonchev–Trinajstić information content (AvgIpc) is 2.96. The van der Waals surface area contributed by atoms with Gasteiger partial charge in [-0.25, -0.2) is 9.97 Å². The third-order valence-electron chi connectivity index (χ3n) is 5.90. The van der Waals surface area contributed by atoms with Crippen LogP contribution in [-0.2, 0) is 9.47 Å². The van der Waals surface area contributed by atoms with Crippen molar-refractivity contribution < 1.29 is 28.5 Å². The molecule has 2 N–H and O–H groups in total. The molecule has 2 aromatic rings. The highest BCUT2D eigenvalue weighted by molar-refractivity contribution is 14.1. The molecule has 2 atom stereocenters. The van der Waals surface area contributed by atoms with E-state index in [2.05, 4.69) is 92.8 Å². The molecule has 6 heterocycles. The topological polar surface area (TPSA) is 155 Å². The maximum absolute atomic E-state index is 11.3. The quantitative estimate of drug-likeness (QED) is 0.194. The Kier molecular flexibility index (Phi) is 14.9. The van der Waals surface area contributed by atoms with Gasteiger partial charge in [-0.2, -0.15) is 9.97 Å². The monoisotopic (exact) mass is 899 g/mol. The molecule has 0 radical (unpaired) electrons. The van der Waals surface area contributed by atoms with E-state index in [-0.39, 0.29) is 34.0 Å². The number of nitrogens with zero attached hydrogens (tertiary/aromatic N) is 6. The van der Waals surface area contributed by atoms with Crippen molar-refractivity contribution in [2.24, 2.45) is 5.73 Å². The summed E-state index contributed by atoms with van der Waals surface area (Å²) < 4.78 is 23.4. The number of hydrogen-bond donors (Lipinski definition) is 1. The molecule has 244 valence electrons. The lowest BCUT2D eigenvalue weighted by Crippen LogP contribution is -2.51. The summed E-state index contributed by atoms with van der Waals surface area (Å²) >= 11 is 21.8. The molecule has 2 unspecified atom stereocenters. The molecule has 13 nitrogen and oxygen atoms in total. The van der Waals surface area contributed by atoms with Gasteiger partial charge in [0.1, 0.15) is 13.2 Å². The smallest absolute Gasteiger partial charge is 0.274 e. The first-order valence-corrected chi connectivity index (χ1v) is 17.3. The van der Waals surface area contributed by atoms with Crippen LogP contribution in [0.1, 0.15) is 48.7 Å². The van der Waals surface area contributed by atoms with E-state index >= 15 is 0 Å². The number of anilines is 2. The zero-order valence-corrected chi connectivity index (χ0v) is 31.1. The molecule has 0 bridgehead atoms. The summed E-state index contributed by atoms with van der Waals surface area (Å²) in [5.74, 6) is 0.965. The minimum atomic E-state index is -0.706. The number of fused-ring (bicyclic) bond motifs is 6. The number of halogens is 5. The molecule has 2 fully saturated rings. The van der Waals surface area contributed by atoms with E-state index in [1.54, 1.807) is 0 Å². The van der Waals surface area contributed by atoms with Crippen molar-refractivity contribution in [3.8, 4) is 11.5 Å². The van der Waals surface area contributed by atoms with Gasteiger partial charge in [0, 0.05) is 20.9 Å². The molecule has 4 aliphatic heterocycles. The van der Waals surface area contributed by atoms with E-state index < -0.39 is 11.1 Å². The lowest BCUT2D eigenvalue weighted by Gasteiger charge is -2.40. The van der Waals surface area contributed by atoms with E-state index in [1.165, 1.54) is 0 Å². The standard InChI is InChI=1S/C10H9Cl2N3O3.C10H11ClN4O3.2C3H7I/c11-8(16)6-7-9(14-10(12)13-6)15-1-2-17-3-5(15)4-18-7;11-10-13-6(8(12)16)7-9(14-10)15-1-2-17-3-5(15)4-18-7;2*1-3(2)4/h5H,1-4H2;5H,1-4H2,(H2,12,16);2*3H,1-2H3. The van der Waals surface area contributed by atoms with Crippen molar-refractivity contribution in [2.45, 2.75) is 47.6 Å². The van der Waals surface area contributed by atoms with Crippen LogP contribution in [0.15, 0.2) is 0 Å². The van der Waals surface area contributed by atoms with Gasteiger partial charge in [-0.1, -0.05) is 72.9 Å². The lowest BCUT2D eigenvalue weighted by molar-refractivity contribution is 0.0688. The van der Waals surface area contributed by atoms with Crippen LogP contribution in [-0.4, -0.2) is 104 Å². The Morgan fingerprint density at radius 1 is 0.773 bits per heavy atom. The van der Waals surface area contributed by atoms with E-state index in [1.807, 2.05) is 9.80 Å². The molecule has 2 saturated heterocycles. The number of rotatable bonds is 2. The fourth-order valence-corrected chi connectivity index (χ4v) is 4.74. The second-order valence-electron chi connectivity index (χ2n) is 10.1. The van der Waals surface area contributed by atoms with Crippen molar-refractivity contribution in [1.29, 1.82) is 0 Å². The van der Waals surface area contributed by atoms with Gasteiger partial charge in [0.05, 0.1) is 38.5 Å². The summed E-state index contributed by atoms with van der Waals surface area (Å²) in [6.07, 6.45) is 0. The molecule has 44 heavy (non-hydrogen) atoms. The number of carbonyl (C=O) groups excluding carboxylic acids is 2. The molecular formula is C26H34Cl3I2N7O6. The average molecular weight is 901 g/mol. The van der Waals surface area contributed by atoms with Crippen molar-refractivity contribution >= 4 is 103 Å². The van der Waals surface area contributed by atoms with Crippen molar-refractivity contribution in [2.75, 3.05) is 62.5 Å². The van der Waals surface area contributed by atoms with Gasteiger partial charge in [-0.05, 0) is 34.8 Å². The highest BCUT2D eigenvalue weighted by Crippen LogP contribution is 2.37.